The van der Waals surface area contributed by atoms with Crippen molar-refractivity contribution in [1.29, 1.82) is 0 Å². The largest absolute Gasteiger partial charge is 0.307 e. The van der Waals surface area contributed by atoms with E-state index in [1.165, 1.54) is 36.4 Å². The van der Waals surface area contributed by atoms with Crippen molar-refractivity contribution in [3.8, 4) is 0 Å². The summed E-state index contributed by atoms with van der Waals surface area (Å²) in [6.45, 7) is 8.53. The molecule has 2 atom stereocenters. The Balaban J connectivity index is 1.92. The Morgan fingerprint density at radius 1 is 1.37 bits per heavy atom. The van der Waals surface area contributed by atoms with E-state index in [1.54, 1.807) is 0 Å². The molecule has 1 saturated carbocycles. The molecule has 1 aromatic rings. The Bertz CT molecular complexity index is 389. The molecule has 0 radical (unpaired) electrons. The highest BCUT2D eigenvalue weighted by Gasteiger charge is 2.26. The van der Waals surface area contributed by atoms with Crippen LogP contribution in [0.4, 0.5) is 0 Å². The smallest absolute Gasteiger partial charge is 0.0625 e. The molecule has 2 rings (SSSR count). The summed E-state index contributed by atoms with van der Waals surface area (Å²) in [7, 11) is 0. The van der Waals surface area contributed by atoms with Crippen LogP contribution in [0, 0.1) is 0 Å². The minimum Gasteiger partial charge on any atom is -0.307 e. The third kappa shape index (κ3) is 3.76. The van der Waals surface area contributed by atoms with Crippen LogP contribution in [0.3, 0.4) is 0 Å². The van der Waals surface area contributed by atoms with Crippen LogP contribution in [0.25, 0.3) is 0 Å². The van der Waals surface area contributed by atoms with E-state index in [4.69, 9.17) is 0 Å². The van der Waals surface area contributed by atoms with Gasteiger partial charge in [-0.3, -0.25) is 4.68 Å². The fraction of sp³-hybridized carbons (Fsp3) is 0.800. The SMILES string of the molecule is CCSC1CCCC1NCc1cc(CC)nn1CC. The summed E-state index contributed by atoms with van der Waals surface area (Å²) in [5.41, 5.74) is 2.55. The topological polar surface area (TPSA) is 29.9 Å². The average Bonchev–Trinajstić information content (AvgIpc) is 3.02. The normalized spacial score (nSPS) is 23.1. The summed E-state index contributed by atoms with van der Waals surface area (Å²) in [4.78, 5) is 0. The average molecular weight is 281 g/mol. The van der Waals surface area contributed by atoms with Crippen LogP contribution < -0.4 is 5.32 Å². The Morgan fingerprint density at radius 3 is 2.89 bits per heavy atom. The molecular formula is C15H27N3S. The second kappa shape index (κ2) is 7.34. The summed E-state index contributed by atoms with van der Waals surface area (Å²) >= 11 is 2.12. The maximum atomic E-state index is 4.62. The van der Waals surface area contributed by atoms with Gasteiger partial charge in [0, 0.05) is 24.4 Å². The van der Waals surface area contributed by atoms with E-state index in [1.807, 2.05) is 0 Å². The molecule has 0 amide bonds. The van der Waals surface area contributed by atoms with Crippen molar-refractivity contribution in [1.82, 2.24) is 15.1 Å². The number of nitrogens with one attached hydrogen (secondary N) is 1. The highest BCUT2D eigenvalue weighted by atomic mass is 32.2. The molecule has 1 aliphatic carbocycles. The highest BCUT2D eigenvalue weighted by Crippen LogP contribution is 2.30. The van der Waals surface area contributed by atoms with Crippen molar-refractivity contribution in [2.24, 2.45) is 0 Å². The maximum Gasteiger partial charge on any atom is 0.0625 e. The zero-order chi connectivity index (χ0) is 13.7. The van der Waals surface area contributed by atoms with Gasteiger partial charge in [0.05, 0.1) is 11.4 Å². The Labute approximate surface area is 121 Å². The van der Waals surface area contributed by atoms with E-state index in [2.05, 4.69) is 53.7 Å². The molecule has 0 spiro atoms. The van der Waals surface area contributed by atoms with Crippen LogP contribution in [0.15, 0.2) is 6.07 Å². The molecule has 1 fully saturated rings. The molecular weight excluding hydrogens is 254 g/mol. The van der Waals surface area contributed by atoms with E-state index in [9.17, 15) is 0 Å². The number of aryl methyl sites for hydroxylation is 2. The van der Waals surface area contributed by atoms with Crippen LogP contribution >= 0.6 is 11.8 Å². The van der Waals surface area contributed by atoms with Gasteiger partial charge in [0.1, 0.15) is 0 Å². The molecule has 1 N–H and O–H groups in total. The summed E-state index contributed by atoms with van der Waals surface area (Å²) < 4.78 is 2.14. The zero-order valence-corrected chi connectivity index (χ0v) is 13.3. The van der Waals surface area contributed by atoms with Crippen LogP contribution in [0.5, 0.6) is 0 Å². The van der Waals surface area contributed by atoms with Gasteiger partial charge in [0.25, 0.3) is 0 Å². The van der Waals surface area contributed by atoms with Gasteiger partial charge >= 0.3 is 0 Å². The lowest BCUT2D eigenvalue weighted by molar-refractivity contribution is 0.504. The third-order valence-corrected chi connectivity index (χ3v) is 5.28. The van der Waals surface area contributed by atoms with Crippen molar-refractivity contribution in [2.45, 2.75) is 70.8 Å². The molecule has 1 aliphatic rings. The first-order valence-electron chi connectivity index (χ1n) is 7.69. The van der Waals surface area contributed by atoms with Gasteiger partial charge < -0.3 is 5.32 Å². The van der Waals surface area contributed by atoms with Gasteiger partial charge in [-0.15, -0.1) is 0 Å². The fourth-order valence-electron chi connectivity index (χ4n) is 2.91. The van der Waals surface area contributed by atoms with E-state index >= 15 is 0 Å². The van der Waals surface area contributed by atoms with Gasteiger partial charge in [-0.2, -0.15) is 16.9 Å². The number of hydrogen-bond donors (Lipinski definition) is 1. The van der Waals surface area contributed by atoms with Crippen molar-refractivity contribution < 1.29 is 0 Å². The lowest BCUT2D eigenvalue weighted by Gasteiger charge is -2.20. The third-order valence-electron chi connectivity index (χ3n) is 3.95. The summed E-state index contributed by atoms with van der Waals surface area (Å²) in [5, 5.41) is 9.20. The summed E-state index contributed by atoms with van der Waals surface area (Å²) in [5.74, 6) is 1.23. The molecule has 0 bridgehead atoms. The first kappa shape index (κ1) is 14.9. The Morgan fingerprint density at radius 2 is 2.21 bits per heavy atom. The van der Waals surface area contributed by atoms with E-state index in [0.29, 0.717) is 6.04 Å². The molecule has 0 saturated heterocycles. The fourth-order valence-corrected chi connectivity index (χ4v) is 4.14. The van der Waals surface area contributed by atoms with Gasteiger partial charge in [-0.05, 0) is 38.0 Å². The monoisotopic (exact) mass is 281 g/mol. The van der Waals surface area contributed by atoms with Crippen molar-refractivity contribution >= 4 is 11.8 Å². The maximum absolute atomic E-state index is 4.62. The van der Waals surface area contributed by atoms with E-state index in [0.717, 1.165) is 24.8 Å². The molecule has 1 aromatic heterocycles. The number of hydrogen-bond acceptors (Lipinski definition) is 3. The standard InChI is InChI=1S/C15H27N3S/c1-4-12-10-13(18(5-2)17-12)11-16-14-8-7-9-15(14)19-6-3/h10,14-16H,4-9,11H2,1-3H3. The zero-order valence-electron chi connectivity index (χ0n) is 12.5. The predicted molar refractivity (Wildman–Crippen MR) is 83.7 cm³/mol. The molecule has 0 aliphatic heterocycles. The van der Waals surface area contributed by atoms with E-state index < -0.39 is 0 Å². The van der Waals surface area contributed by atoms with Crippen molar-refractivity contribution in [2.75, 3.05) is 5.75 Å². The van der Waals surface area contributed by atoms with Crippen molar-refractivity contribution in [3.63, 3.8) is 0 Å². The summed E-state index contributed by atoms with van der Waals surface area (Å²) in [6.07, 6.45) is 5.11. The van der Waals surface area contributed by atoms with Crippen LogP contribution in [0.1, 0.15) is 51.4 Å². The Kier molecular flexibility index (Phi) is 5.76. The number of thioether (sulfide) groups is 1. The lowest BCUT2D eigenvalue weighted by atomic mass is 10.2. The molecule has 3 nitrogen and oxygen atoms in total. The molecule has 0 aromatic carbocycles. The lowest BCUT2D eigenvalue weighted by Crippen LogP contribution is -2.34. The van der Waals surface area contributed by atoms with Gasteiger partial charge in [-0.1, -0.05) is 20.3 Å². The van der Waals surface area contributed by atoms with Crippen LogP contribution in [-0.4, -0.2) is 26.8 Å². The molecule has 2 unspecified atom stereocenters. The number of rotatable bonds is 7. The van der Waals surface area contributed by atoms with Gasteiger partial charge in [-0.25, -0.2) is 0 Å². The van der Waals surface area contributed by atoms with E-state index in [-0.39, 0.29) is 0 Å². The number of aromatic nitrogens is 2. The molecule has 4 heteroatoms. The highest BCUT2D eigenvalue weighted by molar-refractivity contribution is 7.99. The second-order valence-electron chi connectivity index (χ2n) is 5.21. The first-order valence-corrected chi connectivity index (χ1v) is 8.73. The quantitative estimate of drug-likeness (QED) is 0.832. The van der Waals surface area contributed by atoms with Crippen molar-refractivity contribution in [3.05, 3.63) is 17.5 Å². The molecule has 108 valence electrons. The van der Waals surface area contributed by atoms with Gasteiger partial charge in [0.2, 0.25) is 0 Å². The Hall–Kier alpha value is -0.480. The van der Waals surface area contributed by atoms with Crippen LogP contribution in [0.2, 0.25) is 0 Å². The second-order valence-corrected chi connectivity index (χ2v) is 6.72. The minimum atomic E-state index is 0.690. The predicted octanol–water partition coefficient (Wildman–Crippen LogP) is 3.23. The van der Waals surface area contributed by atoms with Gasteiger partial charge in [0.15, 0.2) is 0 Å². The minimum absolute atomic E-state index is 0.690. The summed E-state index contributed by atoms with van der Waals surface area (Å²) in [6, 6.07) is 2.95. The first-order chi connectivity index (χ1) is 9.28. The molecule has 1 heterocycles. The number of nitrogens with zero attached hydrogens (tertiary/aromatic N) is 2. The molecule has 19 heavy (non-hydrogen) atoms. The van der Waals surface area contributed by atoms with Crippen LogP contribution in [-0.2, 0) is 19.5 Å².